The van der Waals surface area contributed by atoms with E-state index in [1.165, 1.54) is 55.2 Å². The summed E-state index contributed by atoms with van der Waals surface area (Å²) in [5, 5.41) is 10.7. The van der Waals surface area contributed by atoms with Crippen molar-refractivity contribution in [3.63, 3.8) is 0 Å². The van der Waals surface area contributed by atoms with Crippen LogP contribution >= 0.6 is 0 Å². The zero-order chi connectivity index (χ0) is 20.4. The lowest BCUT2D eigenvalue weighted by Gasteiger charge is -2.24. The Hall–Kier alpha value is -1.34. The van der Waals surface area contributed by atoms with E-state index in [1.807, 2.05) is 0 Å². The molecule has 1 nitrogen and oxygen atoms in total. The van der Waals surface area contributed by atoms with Crippen LogP contribution in [-0.4, -0.2) is 11.2 Å². The molecule has 0 spiro atoms. The lowest BCUT2D eigenvalue weighted by atomic mass is 9.82. The second kappa shape index (κ2) is 12.3. The molecular weight excluding hydrogens is 340 g/mol. The van der Waals surface area contributed by atoms with E-state index in [9.17, 15) is 5.11 Å². The average molecular weight is 383 g/mol. The molecule has 0 bridgehead atoms. The predicted octanol–water partition coefficient (Wildman–Crippen LogP) is 7.60. The lowest BCUT2D eigenvalue weighted by molar-refractivity contribution is 0.154. The van der Waals surface area contributed by atoms with Crippen molar-refractivity contribution in [3.05, 3.63) is 59.7 Å². The Balaban J connectivity index is 1.91. The highest BCUT2D eigenvalue weighted by atomic mass is 16.3. The molecule has 28 heavy (non-hydrogen) atoms. The van der Waals surface area contributed by atoms with Crippen LogP contribution in [0.4, 0.5) is 0 Å². The molecule has 1 saturated carbocycles. The van der Waals surface area contributed by atoms with Crippen LogP contribution in [0.5, 0.6) is 0 Å². The van der Waals surface area contributed by atoms with Crippen LogP contribution in [0.3, 0.4) is 0 Å². The number of unbranched alkanes of at least 4 members (excludes halogenated alkanes) is 4. The Morgan fingerprint density at radius 2 is 1.86 bits per heavy atom. The van der Waals surface area contributed by atoms with Crippen LogP contribution in [0, 0.1) is 11.8 Å². The summed E-state index contributed by atoms with van der Waals surface area (Å²) >= 11 is 0. The topological polar surface area (TPSA) is 20.2 Å². The third-order valence-electron chi connectivity index (χ3n) is 6.45. The highest BCUT2D eigenvalue weighted by Crippen LogP contribution is 2.45. The molecule has 1 fully saturated rings. The number of hydrogen-bond donors (Lipinski definition) is 1. The third kappa shape index (κ3) is 7.24. The summed E-state index contributed by atoms with van der Waals surface area (Å²) in [4.78, 5) is 0. The number of allylic oxidation sites excluding steroid dienone is 3. The van der Waals surface area contributed by atoms with Gasteiger partial charge in [0.1, 0.15) is 0 Å². The first-order chi connectivity index (χ1) is 13.5. The first-order valence-corrected chi connectivity index (χ1v) is 11.6. The van der Waals surface area contributed by atoms with Crippen molar-refractivity contribution in [2.24, 2.45) is 11.8 Å². The van der Waals surface area contributed by atoms with Crippen LogP contribution in [0.15, 0.2) is 48.6 Å². The Bertz CT molecular complexity index is 597. The first kappa shape index (κ1) is 22.9. The maximum atomic E-state index is 10.7. The third-order valence-corrected chi connectivity index (χ3v) is 6.45. The standard InChI is InChI=1S/C27H42O/c1-5-6-7-11-14-23-16-18-24(19-17-23)27-25(22(4)20-26(27)28)15-12-9-8-10-13-21(2)3/h9,12,16-19,22,25-28H,2,5-8,10-11,13-15,20H2,1,3-4H3/b12-9-. The quantitative estimate of drug-likeness (QED) is 0.291. The molecule has 156 valence electrons. The van der Waals surface area contributed by atoms with E-state index in [0.29, 0.717) is 11.8 Å². The number of aliphatic hydroxyl groups excluding tert-OH is 1. The second-order valence-electron chi connectivity index (χ2n) is 9.08. The molecule has 0 aliphatic heterocycles. The Morgan fingerprint density at radius 3 is 2.54 bits per heavy atom. The maximum Gasteiger partial charge on any atom is 0.0614 e. The normalized spacial score (nSPS) is 24.9. The summed E-state index contributed by atoms with van der Waals surface area (Å²) in [5.41, 5.74) is 4.04. The lowest BCUT2D eigenvalue weighted by Crippen LogP contribution is -2.17. The fourth-order valence-corrected chi connectivity index (χ4v) is 4.75. The Kier molecular flexibility index (Phi) is 10.1. The maximum absolute atomic E-state index is 10.7. The van der Waals surface area contributed by atoms with Crippen molar-refractivity contribution >= 4 is 0 Å². The van der Waals surface area contributed by atoms with Gasteiger partial charge in [-0.1, -0.05) is 75.1 Å². The van der Waals surface area contributed by atoms with Crippen LogP contribution in [0.1, 0.15) is 95.6 Å². The van der Waals surface area contributed by atoms with Crippen molar-refractivity contribution in [1.29, 1.82) is 0 Å². The van der Waals surface area contributed by atoms with E-state index in [-0.39, 0.29) is 12.0 Å². The van der Waals surface area contributed by atoms with Gasteiger partial charge in [-0.25, -0.2) is 0 Å². The van der Waals surface area contributed by atoms with Gasteiger partial charge < -0.3 is 5.11 Å². The van der Waals surface area contributed by atoms with Crippen LogP contribution in [0.2, 0.25) is 0 Å². The van der Waals surface area contributed by atoms with Gasteiger partial charge in [-0.2, -0.15) is 0 Å². The molecule has 1 heteroatoms. The molecule has 1 aliphatic carbocycles. The van der Waals surface area contributed by atoms with Gasteiger partial charge in [0.05, 0.1) is 6.10 Å². The van der Waals surface area contributed by atoms with E-state index in [4.69, 9.17) is 0 Å². The minimum Gasteiger partial charge on any atom is -0.392 e. The van der Waals surface area contributed by atoms with Crippen molar-refractivity contribution < 1.29 is 5.11 Å². The summed E-state index contributed by atoms with van der Waals surface area (Å²) in [7, 11) is 0. The van der Waals surface area contributed by atoms with Crippen LogP contribution in [0.25, 0.3) is 0 Å². The van der Waals surface area contributed by atoms with Crippen molar-refractivity contribution in [2.75, 3.05) is 0 Å². The van der Waals surface area contributed by atoms with Crippen molar-refractivity contribution in [3.8, 4) is 0 Å². The minimum absolute atomic E-state index is 0.202. The average Bonchev–Trinajstić information content (AvgIpc) is 2.95. The molecule has 0 aromatic heterocycles. The number of rotatable bonds is 12. The first-order valence-electron chi connectivity index (χ1n) is 11.6. The number of aryl methyl sites for hydroxylation is 1. The molecule has 1 aliphatic rings. The molecule has 0 radical (unpaired) electrons. The number of hydrogen-bond acceptors (Lipinski definition) is 1. The van der Waals surface area contributed by atoms with Gasteiger partial charge in [0, 0.05) is 5.92 Å². The van der Waals surface area contributed by atoms with Gasteiger partial charge >= 0.3 is 0 Å². The van der Waals surface area contributed by atoms with Gasteiger partial charge in [-0.05, 0) is 74.8 Å². The van der Waals surface area contributed by atoms with E-state index >= 15 is 0 Å². The van der Waals surface area contributed by atoms with E-state index < -0.39 is 0 Å². The molecule has 2 rings (SSSR count). The SMILES string of the molecule is C=C(C)CCC/C=C\CC1C(C)CC(O)C1c1ccc(CCCCCC)cc1. The largest absolute Gasteiger partial charge is 0.392 e. The number of benzene rings is 1. The molecular formula is C27H42O. The summed E-state index contributed by atoms with van der Waals surface area (Å²) in [6, 6.07) is 9.15. The molecule has 1 aromatic carbocycles. The highest BCUT2D eigenvalue weighted by molar-refractivity contribution is 5.28. The van der Waals surface area contributed by atoms with Gasteiger partial charge in [0.2, 0.25) is 0 Å². The van der Waals surface area contributed by atoms with Gasteiger partial charge in [0.15, 0.2) is 0 Å². The van der Waals surface area contributed by atoms with E-state index in [1.54, 1.807) is 0 Å². The molecule has 1 N–H and O–H groups in total. The molecule has 0 amide bonds. The molecule has 0 saturated heterocycles. The van der Waals surface area contributed by atoms with E-state index in [2.05, 4.69) is 63.8 Å². The van der Waals surface area contributed by atoms with Gasteiger partial charge in [-0.3, -0.25) is 0 Å². The van der Waals surface area contributed by atoms with Crippen LogP contribution < -0.4 is 0 Å². The zero-order valence-corrected chi connectivity index (χ0v) is 18.5. The molecule has 0 heterocycles. The van der Waals surface area contributed by atoms with Crippen molar-refractivity contribution in [2.45, 2.75) is 97.0 Å². The summed E-state index contributed by atoms with van der Waals surface area (Å²) < 4.78 is 0. The summed E-state index contributed by atoms with van der Waals surface area (Å²) in [6.45, 7) is 10.7. The van der Waals surface area contributed by atoms with Gasteiger partial charge in [0.25, 0.3) is 0 Å². The summed E-state index contributed by atoms with van der Waals surface area (Å²) in [5.74, 6) is 1.40. The smallest absolute Gasteiger partial charge is 0.0614 e. The van der Waals surface area contributed by atoms with Gasteiger partial charge in [-0.15, -0.1) is 6.58 Å². The fourth-order valence-electron chi connectivity index (χ4n) is 4.75. The zero-order valence-electron chi connectivity index (χ0n) is 18.5. The fraction of sp³-hybridized carbons (Fsp3) is 0.630. The Labute approximate surface area is 174 Å². The second-order valence-corrected chi connectivity index (χ2v) is 9.08. The van der Waals surface area contributed by atoms with Crippen LogP contribution in [-0.2, 0) is 6.42 Å². The highest BCUT2D eigenvalue weighted by Gasteiger charge is 2.40. The van der Waals surface area contributed by atoms with Crippen molar-refractivity contribution in [1.82, 2.24) is 0 Å². The van der Waals surface area contributed by atoms with E-state index in [0.717, 1.165) is 25.7 Å². The predicted molar refractivity (Wildman–Crippen MR) is 123 cm³/mol. The monoisotopic (exact) mass is 382 g/mol. The molecule has 4 unspecified atom stereocenters. The Morgan fingerprint density at radius 1 is 1.11 bits per heavy atom. The molecule has 1 aromatic rings. The minimum atomic E-state index is -0.202. The molecule has 4 atom stereocenters. The summed E-state index contributed by atoms with van der Waals surface area (Å²) in [6.07, 6.45) is 16.4. The number of aliphatic hydroxyl groups is 1.